The minimum atomic E-state index is -3.63. The summed E-state index contributed by atoms with van der Waals surface area (Å²) in [4.78, 5) is 0.921. The van der Waals surface area contributed by atoms with Crippen molar-refractivity contribution in [2.45, 2.75) is 83.4 Å². The van der Waals surface area contributed by atoms with Gasteiger partial charge >= 0.3 is 0 Å². The second kappa shape index (κ2) is 21.3. The molecule has 0 saturated carbocycles. The molecule has 0 amide bonds. The van der Waals surface area contributed by atoms with Crippen LogP contribution in [0.2, 0.25) is 0 Å². The monoisotopic (exact) mass is 910 g/mol. The lowest BCUT2D eigenvalue weighted by Gasteiger charge is -2.28. The number of nitrogens with one attached hydrogen (secondary N) is 1. The topological polar surface area (TPSA) is 168 Å². The molecule has 0 aromatic heterocycles. The van der Waals surface area contributed by atoms with Crippen LogP contribution in [0.4, 0.5) is 0 Å². The Kier molecular flexibility index (Phi) is 16.0. The highest BCUT2D eigenvalue weighted by Gasteiger charge is 2.26. The van der Waals surface area contributed by atoms with Crippen molar-refractivity contribution < 1.29 is 38.9 Å². The second-order valence-corrected chi connectivity index (χ2v) is 21.0. The average Bonchev–Trinajstić information content (AvgIpc) is 3.31. The molecule has 3 N–H and O–H groups in total. The van der Waals surface area contributed by atoms with Gasteiger partial charge in [0, 0.05) is 18.6 Å². The van der Waals surface area contributed by atoms with Crippen LogP contribution in [0.25, 0.3) is 0 Å². The molecule has 4 atom stereocenters. The Morgan fingerprint density at radius 2 is 0.984 bits per heavy atom. The predicted octanol–water partition coefficient (Wildman–Crippen LogP) is 8.46. The maximum atomic E-state index is 12.9. The molecule has 0 radical (unpaired) electrons. The van der Waals surface area contributed by atoms with E-state index in [1.807, 2.05) is 67.6 Å². The third kappa shape index (κ3) is 13.1. The third-order valence-electron chi connectivity index (χ3n) is 10.6. The van der Waals surface area contributed by atoms with Crippen molar-refractivity contribution in [2.24, 2.45) is 5.73 Å². The predicted molar refractivity (Wildman–Crippen MR) is 245 cm³/mol. The summed E-state index contributed by atoms with van der Waals surface area (Å²) >= 11 is 0. The lowest BCUT2D eigenvalue weighted by atomic mass is 10.0. The van der Waals surface area contributed by atoms with E-state index in [2.05, 4.69) is 24.4 Å². The van der Waals surface area contributed by atoms with E-state index in [1.54, 1.807) is 78.9 Å². The Morgan fingerprint density at radius 3 is 1.41 bits per heavy atom. The van der Waals surface area contributed by atoms with Gasteiger partial charge in [-0.2, -0.15) is 8.42 Å². The van der Waals surface area contributed by atoms with Crippen molar-refractivity contribution in [3.05, 3.63) is 180 Å². The zero-order valence-corrected chi connectivity index (χ0v) is 38.0. The Hall–Kier alpha value is -5.35. The molecular formula is C49H54N2O9S3. The van der Waals surface area contributed by atoms with Gasteiger partial charge in [0.05, 0.1) is 25.8 Å². The van der Waals surface area contributed by atoms with Crippen molar-refractivity contribution in [3.8, 4) is 11.5 Å². The molecule has 0 unspecified atom stereocenters. The van der Waals surface area contributed by atoms with E-state index in [4.69, 9.17) is 19.4 Å². The Morgan fingerprint density at radius 1 is 0.571 bits per heavy atom. The smallest absolute Gasteiger partial charge is 0.264 e. The van der Waals surface area contributed by atoms with E-state index in [1.165, 1.54) is 17.2 Å². The van der Waals surface area contributed by atoms with Gasteiger partial charge in [0.15, 0.2) is 0 Å². The van der Waals surface area contributed by atoms with Crippen LogP contribution in [0, 0.1) is 0 Å². The Balaban J connectivity index is 0.000000177. The van der Waals surface area contributed by atoms with Crippen molar-refractivity contribution in [3.63, 3.8) is 0 Å². The standard InChI is InChI=1S/C24H25NO3S.C17H18O6S2.C8H11N/c1-18(19-8-4-2-5-9-19)25-17-21-14-12-20-13-15-23(16-24(20)28-21)29(26,27)22-10-6-3-7-11-22;1-24(18,19)22-12-14-9-7-13-8-10-16(11-17(13)23-14)25(20,21)15-5-3-2-4-6-15;1-7(9)8-5-3-2-4-6-8/h2-11,13,15-16,18,21,25H,12,14,17H2,1H3;2-6,8,10-11,14H,7,9,12H2,1H3;2-7H,9H2,1H3/t18-,21-;14-;7-/m111/s1. The average molecular weight is 911 g/mol. The number of hydrogen-bond donors (Lipinski definition) is 2. The van der Waals surface area contributed by atoms with Crippen LogP contribution >= 0.6 is 0 Å². The van der Waals surface area contributed by atoms with E-state index in [9.17, 15) is 25.3 Å². The van der Waals surface area contributed by atoms with Crippen molar-refractivity contribution in [1.82, 2.24) is 5.32 Å². The molecule has 11 nitrogen and oxygen atoms in total. The van der Waals surface area contributed by atoms with Crippen LogP contribution in [0.5, 0.6) is 11.5 Å². The lowest BCUT2D eigenvalue weighted by Crippen LogP contribution is -2.35. The van der Waals surface area contributed by atoms with E-state index in [0.29, 0.717) is 35.8 Å². The van der Waals surface area contributed by atoms with Crippen LogP contribution in [-0.4, -0.2) is 56.9 Å². The number of hydrogen-bond acceptors (Lipinski definition) is 11. The molecule has 0 saturated heterocycles. The SMILES string of the molecule is CS(=O)(=O)OC[C@H]1CCc2ccc(S(=O)(=O)c3ccccc3)cc2O1.C[C@@H](N)c1ccccc1.C[C@@H](NC[C@H]1CCc2ccc(S(=O)(=O)c3ccccc3)cc2O1)c1ccccc1. The molecule has 332 valence electrons. The van der Waals surface area contributed by atoms with Gasteiger partial charge in [-0.15, -0.1) is 0 Å². The van der Waals surface area contributed by atoms with Gasteiger partial charge in [0.1, 0.15) is 30.3 Å². The number of sulfone groups is 2. The van der Waals surface area contributed by atoms with Gasteiger partial charge in [0.25, 0.3) is 10.1 Å². The first-order valence-corrected chi connectivity index (χ1v) is 25.5. The number of ether oxygens (including phenoxy) is 2. The van der Waals surface area contributed by atoms with Crippen molar-refractivity contribution in [1.29, 1.82) is 0 Å². The maximum Gasteiger partial charge on any atom is 0.264 e. The molecule has 63 heavy (non-hydrogen) atoms. The summed E-state index contributed by atoms with van der Waals surface area (Å²) < 4.78 is 90.1. The molecule has 2 heterocycles. The second-order valence-electron chi connectivity index (χ2n) is 15.5. The molecule has 14 heteroatoms. The van der Waals surface area contributed by atoms with E-state index in [-0.39, 0.29) is 39.5 Å². The van der Waals surface area contributed by atoms with Crippen LogP contribution in [0.3, 0.4) is 0 Å². The first-order valence-electron chi connectivity index (χ1n) is 20.7. The summed E-state index contributed by atoms with van der Waals surface area (Å²) in [5.41, 5.74) is 9.99. The van der Waals surface area contributed by atoms with Crippen molar-refractivity contribution >= 4 is 29.8 Å². The molecule has 0 spiro atoms. The highest BCUT2D eigenvalue weighted by atomic mass is 32.2. The van der Waals surface area contributed by atoms with E-state index >= 15 is 0 Å². The molecule has 6 aromatic rings. The highest BCUT2D eigenvalue weighted by Crippen LogP contribution is 2.34. The van der Waals surface area contributed by atoms with Crippen LogP contribution in [0.15, 0.2) is 177 Å². The number of fused-ring (bicyclic) bond motifs is 2. The van der Waals surface area contributed by atoms with Crippen LogP contribution in [0.1, 0.15) is 61.0 Å². The summed E-state index contributed by atoms with van der Waals surface area (Å²) in [5, 5.41) is 3.53. The Labute approximate surface area is 372 Å². The number of benzene rings is 6. The number of aryl methyl sites for hydroxylation is 2. The first kappa shape index (κ1) is 47.1. The summed E-state index contributed by atoms with van der Waals surface area (Å²) in [6.45, 7) is 4.74. The summed E-state index contributed by atoms with van der Waals surface area (Å²) in [5.74, 6) is 1.12. The molecule has 0 aliphatic carbocycles. The molecule has 0 fully saturated rings. The van der Waals surface area contributed by atoms with Gasteiger partial charge < -0.3 is 20.5 Å². The zero-order chi connectivity index (χ0) is 45.0. The highest BCUT2D eigenvalue weighted by molar-refractivity contribution is 7.91. The number of nitrogens with two attached hydrogens (primary N) is 1. The molecular weight excluding hydrogens is 857 g/mol. The first-order chi connectivity index (χ1) is 30.1. The number of rotatable bonds is 12. The van der Waals surface area contributed by atoms with E-state index in [0.717, 1.165) is 30.2 Å². The normalized spacial score (nSPS) is 16.8. The van der Waals surface area contributed by atoms with Gasteiger partial charge in [-0.05, 0) is 110 Å². The minimum Gasteiger partial charge on any atom is -0.489 e. The van der Waals surface area contributed by atoms with Crippen LogP contribution in [-0.2, 0) is 46.8 Å². The van der Waals surface area contributed by atoms with Gasteiger partial charge in [-0.3, -0.25) is 4.18 Å². The Bertz CT molecular complexity index is 2740. The summed E-state index contributed by atoms with van der Waals surface area (Å²) in [7, 11) is -10.7. The third-order valence-corrected chi connectivity index (χ3v) is 14.7. The molecule has 0 bridgehead atoms. The quantitative estimate of drug-likeness (QED) is 0.113. The minimum absolute atomic E-state index is 0.0170. The summed E-state index contributed by atoms with van der Waals surface area (Å²) in [6.07, 6.45) is 3.62. The molecule has 6 aromatic carbocycles. The van der Waals surface area contributed by atoms with Gasteiger partial charge in [0.2, 0.25) is 19.7 Å². The van der Waals surface area contributed by atoms with Gasteiger partial charge in [-0.1, -0.05) is 109 Å². The lowest BCUT2D eigenvalue weighted by molar-refractivity contribution is 0.113. The summed E-state index contributed by atoms with van der Waals surface area (Å²) in [6, 6.07) is 47.4. The maximum absolute atomic E-state index is 12.9. The fourth-order valence-electron chi connectivity index (χ4n) is 7.00. The molecule has 2 aliphatic heterocycles. The van der Waals surface area contributed by atoms with E-state index < -0.39 is 35.9 Å². The fraction of sp³-hybridized carbons (Fsp3) is 0.265. The van der Waals surface area contributed by atoms with Crippen molar-refractivity contribution in [2.75, 3.05) is 19.4 Å². The van der Waals surface area contributed by atoms with Crippen LogP contribution < -0.4 is 20.5 Å². The fourth-order valence-corrected chi connectivity index (χ4v) is 10.00. The zero-order valence-electron chi connectivity index (χ0n) is 35.5. The van der Waals surface area contributed by atoms with Gasteiger partial charge in [-0.25, -0.2) is 16.8 Å². The molecule has 8 rings (SSSR count). The largest absolute Gasteiger partial charge is 0.489 e. The molecule has 2 aliphatic rings.